The summed E-state index contributed by atoms with van der Waals surface area (Å²) in [5.74, 6) is 2.99. The third-order valence-corrected chi connectivity index (χ3v) is 6.23. The van der Waals surface area contributed by atoms with E-state index in [1.54, 1.807) is 14.2 Å². The zero-order valence-corrected chi connectivity index (χ0v) is 19.3. The zero-order chi connectivity index (χ0) is 22.1. The minimum absolute atomic E-state index is 0.261. The summed E-state index contributed by atoms with van der Waals surface area (Å²) in [5.41, 5.74) is 1.23. The number of benzene rings is 1. The van der Waals surface area contributed by atoms with E-state index >= 15 is 0 Å². The molecule has 1 aliphatic carbocycles. The van der Waals surface area contributed by atoms with Crippen LogP contribution in [-0.2, 0) is 11.2 Å². The number of likely N-dealkylation sites (tertiary alicyclic amines) is 1. The third kappa shape index (κ3) is 6.52. The highest BCUT2D eigenvalue weighted by Crippen LogP contribution is 2.29. The van der Waals surface area contributed by atoms with E-state index in [9.17, 15) is 4.79 Å². The largest absolute Gasteiger partial charge is 0.493 e. The lowest BCUT2D eigenvalue weighted by Crippen LogP contribution is -2.45. The molecule has 3 rings (SSSR count). The van der Waals surface area contributed by atoms with Crippen molar-refractivity contribution < 1.29 is 14.3 Å². The van der Waals surface area contributed by atoms with Gasteiger partial charge in [0.1, 0.15) is 0 Å². The molecule has 2 N–H and O–H groups in total. The number of aryl methyl sites for hydroxylation is 1. The standard InChI is InChI=1S/C24H38N4O3/c1-4-31-22-16-18(11-12-21(22)30-3)8-7-14-26-24(25-2)27-20-13-15-28(17-20)23(29)19-9-5-6-10-19/h11-12,16,19-20H,4-10,13-15,17H2,1-3H3,(H2,25,26,27). The Morgan fingerprint density at radius 2 is 2.03 bits per heavy atom. The molecule has 7 heteroatoms. The number of rotatable bonds is 9. The van der Waals surface area contributed by atoms with Crippen molar-refractivity contribution in [2.75, 3.05) is 40.4 Å². The molecule has 1 aromatic rings. The van der Waals surface area contributed by atoms with E-state index in [0.29, 0.717) is 12.5 Å². The van der Waals surface area contributed by atoms with E-state index < -0.39 is 0 Å². The number of hydrogen-bond acceptors (Lipinski definition) is 4. The van der Waals surface area contributed by atoms with E-state index in [-0.39, 0.29) is 12.0 Å². The fourth-order valence-corrected chi connectivity index (χ4v) is 4.54. The molecule has 0 spiro atoms. The fraction of sp³-hybridized carbons (Fsp3) is 0.667. The van der Waals surface area contributed by atoms with Crippen molar-refractivity contribution in [1.29, 1.82) is 0 Å². The lowest BCUT2D eigenvalue weighted by Gasteiger charge is -2.21. The average Bonchev–Trinajstić information content (AvgIpc) is 3.48. The Morgan fingerprint density at radius 3 is 2.74 bits per heavy atom. The van der Waals surface area contributed by atoms with E-state index in [4.69, 9.17) is 9.47 Å². The fourth-order valence-electron chi connectivity index (χ4n) is 4.54. The maximum Gasteiger partial charge on any atom is 0.225 e. The molecule has 0 radical (unpaired) electrons. The van der Waals surface area contributed by atoms with Gasteiger partial charge >= 0.3 is 0 Å². The van der Waals surface area contributed by atoms with Crippen molar-refractivity contribution in [3.8, 4) is 11.5 Å². The molecule has 1 aromatic carbocycles. The number of nitrogens with zero attached hydrogens (tertiary/aromatic N) is 2. The van der Waals surface area contributed by atoms with Gasteiger partial charge in [-0.25, -0.2) is 0 Å². The second-order valence-electron chi connectivity index (χ2n) is 8.42. The summed E-state index contributed by atoms with van der Waals surface area (Å²) >= 11 is 0. The van der Waals surface area contributed by atoms with Crippen LogP contribution in [0.15, 0.2) is 23.2 Å². The summed E-state index contributed by atoms with van der Waals surface area (Å²) in [6.45, 7) is 5.05. The summed E-state index contributed by atoms with van der Waals surface area (Å²) in [4.78, 5) is 19.0. The monoisotopic (exact) mass is 430 g/mol. The van der Waals surface area contributed by atoms with Crippen LogP contribution in [-0.4, -0.2) is 63.2 Å². The van der Waals surface area contributed by atoms with E-state index in [1.807, 2.05) is 17.9 Å². The van der Waals surface area contributed by atoms with Crippen molar-refractivity contribution >= 4 is 11.9 Å². The molecule has 1 atom stereocenters. The van der Waals surface area contributed by atoms with Gasteiger partial charge in [-0.1, -0.05) is 18.9 Å². The average molecular weight is 431 g/mol. The number of nitrogens with one attached hydrogen (secondary N) is 2. The summed E-state index contributed by atoms with van der Waals surface area (Å²) < 4.78 is 11.0. The molecule has 1 aliphatic heterocycles. The molecular formula is C24H38N4O3. The Hall–Kier alpha value is -2.44. The van der Waals surface area contributed by atoms with Gasteiger partial charge in [0, 0.05) is 38.6 Å². The number of aliphatic imine (C=N–C) groups is 1. The zero-order valence-electron chi connectivity index (χ0n) is 19.3. The van der Waals surface area contributed by atoms with Crippen molar-refractivity contribution in [1.82, 2.24) is 15.5 Å². The molecule has 1 heterocycles. The van der Waals surface area contributed by atoms with Crippen LogP contribution in [0.5, 0.6) is 11.5 Å². The molecule has 2 fully saturated rings. The second-order valence-corrected chi connectivity index (χ2v) is 8.42. The van der Waals surface area contributed by atoms with Crippen molar-refractivity contribution in [3.63, 3.8) is 0 Å². The highest BCUT2D eigenvalue weighted by molar-refractivity contribution is 5.81. The quantitative estimate of drug-likeness (QED) is 0.358. The van der Waals surface area contributed by atoms with Crippen LogP contribution >= 0.6 is 0 Å². The van der Waals surface area contributed by atoms with Crippen molar-refractivity contribution in [2.45, 2.75) is 57.9 Å². The number of carbonyl (C=O) groups excluding carboxylic acids is 1. The van der Waals surface area contributed by atoms with Crippen molar-refractivity contribution in [3.05, 3.63) is 23.8 Å². The van der Waals surface area contributed by atoms with Gasteiger partial charge in [-0.15, -0.1) is 0 Å². The van der Waals surface area contributed by atoms with Gasteiger partial charge in [0.15, 0.2) is 17.5 Å². The van der Waals surface area contributed by atoms with Gasteiger partial charge in [0.25, 0.3) is 0 Å². The molecule has 7 nitrogen and oxygen atoms in total. The maximum atomic E-state index is 12.6. The first-order valence-corrected chi connectivity index (χ1v) is 11.7. The molecular weight excluding hydrogens is 392 g/mol. The van der Waals surface area contributed by atoms with Crippen LogP contribution < -0.4 is 20.1 Å². The summed E-state index contributed by atoms with van der Waals surface area (Å²) in [5, 5.41) is 6.90. The highest BCUT2D eigenvalue weighted by atomic mass is 16.5. The smallest absolute Gasteiger partial charge is 0.225 e. The minimum Gasteiger partial charge on any atom is -0.493 e. The Labute approximate surface area is 186 Å². The van der Waals surface area contributed by atoms with Crippen LogP contribution in [0.1, 0.15) is 51.0 Å². The normalized spacial score (nSPS) is 19.5. The lowest BCUT2D eigenvalue weighted by molar-refractivity contribution is -0.134. The van der Waals surface area contributed by atoms with Crippen molar-refractivity contribution in [2.24, 2.45) is 10.9 Å². The predicted octanol–water partition coefficient (Wildman–Crippen LogP) is 2.98. The Kier molecular flexibility index (Phi) is 8.85. The first-order valence-electron chi connectivity index (χ1n) is 11.7. The molecule has 1 amide bonds. The highest BCUT2D eigenvalue weighted by Gasteiger charge is 2.32. The number of amides is 1. The summed E-state index contributed by atoms with van der Waals surface area (Å²) in [7, 11) is 3.46. The van der Waals surface area contributed by atoms with E-state index in [0.717, 1.165) is 69.2 Å². The topological polar surface area (TPSA) is 75.2 Å². The van der Waals surface area contributed by atoms with Crippen LogP contribution in [0.4, 0.5) is 0 Å². The summed E-state index contributed by atoms with van der Waals surface area (Å²) in [6.07, 6.45) is 7.44. The van der Waals surface area contributed by atoms with Gasteiger partial charge < -0.3 is 25.0 Å². The number of carbonyl (C=O) groups is 1. The Bertz CT molecular complexity index is 746. The Balaban J connectivity index is 1.39. The number of hydrogen-bond donors (Lipinski definition) is 2. The van der Waals surface area contributed by atoms with Crippen LogP contribution in [0.25, 0.3) is 0 Å². The van der Waals surface area contributed by atoms with Crippen LogP contribution in [0.3, 0.4) is 0 Å². The van der Waals surface area contributed by atoms with E-state index in [1.165, 1.54) is 18.4 Å². The lowest BCUT2D eigenvalue weighted by atomic mass is 10.1. The van der Waals surface area contributed by atoms with Crippen LogP contribution in [0, 0.1) is 5.92 Å². The summed E-state index contributed by atoms with van der Waals surface area (Å²) in [6, 6.07) is 6.38. The number of ether oxygens (including phenoxy) is 2. The van der Waals surface area contributed by atoms with Gasteiger partial charge in [0.2, 0.25) is 5.91 Å². The molecule has 2 aliphatic rings. The first kappa shape index (κ1) is 23.2. The maximum absolute atomic E-state index is 12.6. The molecule has 1 saturated carbocycles. The molecule has 31 heavy (non-hydrogen) atoms. The van der Waals surface area contributed by atoms with Gasteiger partial charge in [-0.2, -0.15) is 0 Å². The SMILES string of the molecule is CCOc1cc(CCCNC(=NC)NC2CCN(C(=O)C3CCCC3)C2)ccc1OC. The van der Waals surface area contributed by atoms with Gasteiger partial charge in [-0.3, -0.25) is 9.79 Å². The van der Waals surface area contributed by atoms with Gasteiger partial charge in [0.05, 0.1) is 13.7 Å². The molecule has 1 unspecified atom stereocenters. The molecule has 0 aromatic heterocycles. The molecule has 0 bridgehead atoms. The first-order chi connectivity index (χ1) is 15.1. The minimum atomic E-state index is 0.261. The Morgan fingerprint density at radius 1 is 1.23 bits per heavy atom. The van der Waals surface area contributed by atoms with Crippen LogP contribution in [0.2, 0.25) is 0 Å². The number of methoxy groups -OCH3 is 1. The van der Waals surface area contributed by atoms with E-state index in [2.05, 4.69) is 27.8 Å². The van der Waals surface area contributed by atoms with Gasteiger partial charge in [-0.05, 0) is 56.7 Å². The number of guanidine groups is 1. The molecule has 1 saturated heterocycles. The predicted molar refractivity (Wildman–Crippen MR) is 124 cm³/mol. The third-order valence-electron chi connectivity index (χ3n) is 6.23. The second kappa shape index (κ2) is 11.8. The molecule has 172 valence electrons.